The van der Waals surface area contributed by atoms with E-state index >= 15 is 0 Å². The molecule has 35 heavy (non-hydrogen) atoms. The highest BCUT2D eigenvalue weighted by Crippen LogP contribution is 2.31. The Kier molecular flexibility index (Phi) is 6.82. The van der Waals surface area contributed by atoms with Gasteiger partial charge in [-0.2, -0.15) is 14.6 Å². The molecule has 2 N–H and O–H groups in total. The molecular weight excluding hydrogens is 460 g/mol. The van der Waals surface area contributed by atoms with Crippen LogP contribution in [0.1, 0.15) is 29.2 Å². The Labute approximate surface area is 206 Å². The summed E-state index contributed by atoms with van der Waals surface area (Å²) in [7, 11) is -0.241. The fraction of sp³-hybridized carbons (Fsp3) is 0.280. The minimum Gasteiger partial charge on any atom is -0.324 e. The Morgan fingerprint density at radius 2 is 2.06 bits per heavy atom. The molecule has 10 heteroatoms. The molecule has 4 rings (SSSR count). The SMILES string of the molecule is C=C(C)c1cc(Nc2ncc(C#N)c(Nc3cccc(N=S(C)(C)=O)n3)n2)cc2c1CCN(C)C2. The number of nitrogens with zero attached hydrogens (tertiary/aromatic N) is 6. The van der Waals surface area contributed by atoms with Gasteiger partial charge in [0, 0.05) is 41.0 Å². The first-order valence-corrected chi connectivity index (χ1v) is 13.4. The van der Waals surface area contributed by atoms with E-state index in [4.69, 9.17) is 0 Å². The van der Waals surface area contributed by atoms with Crippen LogP contribution in [0.5, 0.6) is 0 Å². The molecule has 0 aliphatic carbocycles. The molecule has 0 spiro atoms. The molecule has 2 aromatic heterocycles. The number of fused-ring (bicyclic) bond motifs is 1. The molecule has 0 saturated carbocycles. The summed E-state index contributed by atoms with van der Waals surface area (Å²) in [5.74, 6) is 1.41. The fourth-order valence-electron chi connectivity index (χ4n) is 3.93. The average molecular weight is 489 g/mol. The van der Waals surface area contributed by atoms with Crippen molar-refractivity contribution in [2.24, 2.45) is 4.36 Å². The fourth-order valence-corrected chi connectivity index (χ4v) is 4.48. The molecule has 0 radical (unpaired) electrons. The predicted molar refractivity (Wildman–Crippen MR) is 141 cm³/mol. The number of anilines is 4. The first kappa shape index (κ1) is 24.3. The minimum atomic E-state index is -2.35. The van der Waals surface area contributed by atoms with Gasteiger partial charge < -0.3 is 15.5 Å². The van der Waals surface area contributed by atoms with E-state index < -0.39 is 9.73 Å². The van der Waals surface area contributed by atoms with Crippen molar-refractivity contribution in [3.63, 3.8) is 0 Å². The van der Waals surface area contributed by atoms with Gasteiger partial charge in [-0.05, 0) is 61.3 Å². The molecule has 1 aliphatic heterocycles. The molecule has 1 aromatic carbocycles. The Bertz CT molecular complexity index is 1460. The minimum absolute atomic E-state index is 0.268. The summed E-state index contributed by atoms with van der Waals surface area (Å²) < 4.78 is 16.1. The molecular formula is C25H28N8OS. The van der Waals surface area contributed by atoms with Crippen LogP contribution in [0.2, 0.25) is 0 Å². The zero-order valence-electron chi connectivity index (χ0n) is 20.3. The maximum absolute atomic E-state index is 12.0. The van der Waals surface area contributed by atoms with Gasteiger partial charge in [0.05, 0.1) is 6.20 Å². The number of hydrogen-bond donors (Lipinski definition) is 2. The van der Waals surface area contributed by atoms with E-state index in [9.17, 15) is 9.47 Å². The van der Waals surface area contributed by atoms with Crippen molar-refractivity contribution in [3.8, 4) is 6.07 Å². The van der Waals surface area contributed by atoms with E-state index in [1.165, 1.54) is 17.3 Å². The number of aromatic nitrogens is 3. The topological polar surface area (TPSA) is 119 Å². The van der Waals surface area contributed by atoms with E-state index in [-0.39, 0.29) is 5.56 Å². The molecule has 0 atom stereocenters. The van der Waals surface area contributed by atoms with E-state index in [2.05, 4.69) is 66.7 Å². The van der Waals surface area contributed by atoms with Crippen molar-refractivity contribution in [3.05, 3.63) is 65.4 Å². The second-order valence-corrected chi connectivity index (χ2v) is 11.4. The third kappa shape index (κ3) is 6.01. The van der Waals surface area contributed by atoms with Gasteiger partial charge in [0.25, 0.3) is 0 Å². The molecule has 3 aromatic rings. The van der Waals surface area contributed by atoms with Crippen molar-refractivity contribution in [2.75, 3.05) is 36.7 Å². The highest BCUT2D eigenvalue weighted by atomic mass is 32.2. The molecule has 0 saturated heterocycles. The van der Waals surface area contributed by atoms with Gasteiger partial charge in [-0.1, -0.05) is 18.2 Å². The van der Waals surface area contributed by atoms with Crippen molar-refractivity contribution < 1.29 is 4.21 Å². The maximum atomic E-state index is 12.0. The summed E-state index contributed by atoms with van der Waals surface area (Å²) in [5, 5.41) is 15.9. The monoisotopic (exact) mass is 488 g/mol. The standard InChI is InChI=1S/C25H28N8OS/c1-16(2)21-12-19(11-17-15-33(3)10-9-20(17)21)28-25-27-14-18(13-26)24(31-25)30-22-7-6-8-23(29-22)32-35(4,5)34/h6-8,11-12,14H,1,9-10,15H2,2-5H3,(H2,27,28,29,30,31). The van der Waals surface area contributed by atoms with Crippen LogP contribution < -0.4 is 10.6 Å². The van der Waals surface area contributed by atoms with Crippen LogP contribution in [-0.2, 0) is 22.7 Å². The smallest absolute Gasteiger partial charge is 0.229 e. The van der Waals surface area contributed by atoms with Crippen LogP contribution in [0.3, 0.4) is 0 Å². The lowest BCUT2D eigenvalue weighted by molar-refractivity contribution is 0.313. The predicted octanol–water partition coefficient (Wildman–Crippen LogP) is 4.61. The second-order valence-electron chi connectivity index (χ2n) is 8.90. The molecule has 0 fully saturated rings. The largest absolute Gasteiger partial charge is 0.324 e. The number of hydrogen-bond acceptors (Lipinski definition) is 9. The van der Waals surface area contributed by atoms with Gasteiger partial charge >= 0.3 is 0 Å². The lowest BCUT2D eigenvalue weighted by Crippen LogP contribution is -2.27. The number of allylic oxidation sites excluding steroid dienone is 1. The zero-order chi connectivity index (χ0) is 25.2. The number of likely N-dealkylation sites (N-methyl/N-ethyl adjacent to an activating group) is 1. The van der Waals surface area contributed by atoms with E-state index in [1.807, 2.05) is 6.92 Å². The Hall–Kier alpha value is -3.81. The van der Waals surface area contributed by atoms with Crippen LogP contribution >= 0.6 is 0 Å². The first-order chi connectivity index (χ1) is 16.6. The summed E-state index contributed by atoms with van der Waals surface area (Å²) >= 11 is 0. The Morgan fingerprint density at radius 3 is 2.77 bits per heavy atom. The van der Waals surface area contributed by atoms with Gasteiger partial charge in [-0.15, -0.1) is 0 Å². The van der Waals surface area contributed by atoms with Crippen LogP contribution in [-0.4, -0.2) is 50.2 Å². The maximum Gasteiger partial charge on any atom is 0.229 e. The number of benzene rings is 1. The van der Waals surface area contributed by atoms with Crippen molar-refractivity contribution in [1.82, 2.24) is 19.9 Å². The van der Waals surface area contributed by atoms with Gasteiger partial charge in [-0.3, -0.25) is 0 Å². The van der Waals surface area contributed by atoms with Crippen LogP contribution in [0.25, 0.3) is 5.57 Å². The summed E-state index contributed by atoms with van der Waals surface area (Å²) in [6.45, 7) is 8.06. The highest BCUT2D eigenvalue weighted by Gasteiger charge is 2.18. The number of nitrogens with one attached hydrogen (secondary N) is 2. The molecule has 0 unspecified atom stereocenters. The van der Waals surface area contributed by atoms with E-state index in [1.54, 1.807) is 30.7 Å². The van der Waals surface area contributed by atoms with Gasteiger partial charge in [0.1, 0.15) is 17.5 Å². The Morgan fingerprint density at radius 1 is 1.26 bits per heavy atom. The molecule has 9 nitrogen and oxygen atoms in total. The first-order valence-electron chi connectivity index (χ1n) is 11.1. The van der Waals surface area contributed by atoms with Crippen LogP contribution in [0.15, 0.2) is 47.5 Å². The van der Waals surface area contributed by atoms with Crippen molar-refractivity contribution >= 4 is 44.4 Å². The third-order valence-electron chi connectivity index (χ3n) is 5.45. The lowest BCUT2D eigenvalue weighted by atomic mass is 9.91. The number of pyridine rings is 1. The highest BCUT2D eigenvalue weighted by molar-refractivity contribution is 7.92. The third-order valence-corrected chi connectivity index (χ3v) is 6.07. The second kappa shape index (κ2) is 9.82. The molecule has 180 valence electrons. The Balaban J connectivity index is 1.65. The summed E-state index contributed by atoms with van der Waals surface area (Å²) in [6, 6.07) is 11.4. The number of nitriles is 1. The summed E-state index contributed by atoms with van der Waals surface area (Å²) in [4.78, 5) is 15.5. The van der Waals surface area contributed by atoms with Crippen molar-refractivity contribution in [2.45, 2.75) is 19.9 Å². The van der Waals surface area contributed by atoms with Crippen LogP contribution in [0, 0.1) is 11.3 Å². The van der Waals surface area contributed by atoms with Crippen molar-refractivity contribution in [1.29, 1.82) is 5.26 Å². The normalized spacial score (nSPS) is 13.5. The van der Waals surface area contributed by atoms with Gasteiger partial charge in [0.2, 0.25) is 5.95 Å². The van der Waals surface area contributed by atoms with Crippen LogP contribution in [0.4, 0.5) is 29.1 Å². The molecule has 0 amide bonds. The van der Waals surface area contributed by atoms with Gasteiger partial charge in [-0.25, -0.2) is 14.2 Å². The zero-order valence-corrected chi connectivity index (χ0v) is 21.1. The van der Waals surface area contributed by atoms with E-state index in [0.29, 0.717) is 23.4 Å². The summed E-state index contributed by atoms with van der Waals surface area (Å²) in [5.41, 5.74) is 5.86. The van der Waals surface area contributed by atoms with Gasteiger partial charge in [0.15, 0.2) is 11.6 Å². The molecule has 3 heterocycles. The number of rotatable bonds is 6. The summed E-state index contributed by atoms with van der Waals surface area (Å²) in [6.07, 6.45) is 5.54. The lowest BCUT2D eigenvalue weighted by Gasteiger charge is -2.28. The molecule has 1 aliphatic rings. The molecule has 0 bridgehead atoms. The van der Waals surface area contributed by atoms with E-state index in [0.717, 1.165) is 36.3 Å². The quantitative estimate of drug-likeness (QED) is 0.516. The average Bonchev–Trinajstić information content (AvgIpc) is 2.77.